The highest BCUT2D eigenvalue weighted by molar-refractivity contribution is 6.03. The molecule has 2 heterocycles. The van der Waals surface area contributed by atoms with Crippen molar-refractivity contribution in [2.45, 2.75) is 25.2 Å². The second-order valence-electron chi connectivity index (χ2n) is 6.04. The minimum Gasteiger partial charge on any atom is -0.483 e. The molecule has 0 spiro atoms. The summed E-state index contributed by atoms with van der Waals surface area (Å²) in [6, 6.07) is 9.79. The maximum absolute atomic E-state index is 13.5. The van der Waals surface area contributed by atoms with Gasteiger partial charge in [0.2, 0.25) is 0 Å². The van der Waals surface area contributed by atoms with Gasteiger partial charge >= 0.3 is 6.18 Å². The van der Waals surface area contributed by atoms with E-state index in [-0.39, 0.29) is 16.3 Å². The van der Waals surface area contributed by atoms with Crippen LogP contribution < -0.4 is 4.74 Å². The van der Waals surface area contributed by atoms with Crippen LogP contribution in [0.3, 0.4) is 0 Å². The van der Waals surface area contributed by atoms with Gasteiger partial charge < -0.3 is 9.84 Å². The molecule has 9 heteroatoms. The summed E-state index contributed by atoms with van der Waals surface area (Å²) >= 11 is 0. The number of halogens is 3. The fourth-order valence-electron chi connectivity index (χ4n) is 2.64. The number of carbonyl (C=O) groups excluding carboxylic acids is 1. The third-order valence-electron chi connectivity index (χ3n) is 4.11. The van der Waals surface area contributed by atoms with Crippen molar-refractivity contribution < 1.29 is 27.8 Å². The number of para-hydroxylation sites is 1. The first-order valence-electron chi connectivity index (χ1n) is 8.01. The second-order valence-corrected chi connectivity index (χ2v) is 6.04. The molecule has 27 heavy (non-hydrogen) atoms. The third-order valence-corrected chi connectivity index (χ3v) is 4.11. The minimum atomic E-state index is -5.10. The van der Waals surface area contributed by atoms with E-state index in [2.05, 4.69) is 10.1 Å². The van der Waals surface area contributed by atoms with Crippen molar-refractivity contribution in [1.29, 1.82) is 0 Å². The number of pyridine rings is 1. The Morgan fingerprint density at radius 1 is 1.30 bits per heavy atom. The van der Waals surface area contributed by atoms with Crippen LogP contribution >= 0.6 is 0 Å². The molecule has 0 bridgehead atoms. The number of carbonyl (C=O) groups is 1. The predicted molar refractivity (Wildman–Crippen MR) is 89.9 cm³/mol. The Balaban J connectivity index is 1.85. The molecule has 1 aromatic carbocycles. The van der Waals surface area contributed by atoms with Crippen LogP contribution in [0.5, 0.6) is 5.75 Å². The zero-order valence-electron chi connectivity index (χ0n) is 14.3. The summed E-state index contributed by atoms with van der Waals surface area (Å²) < 4.78 is 45.8. The lowest BCUT2D eigenvalue weighted by Gasteiger charge is -2.32. The average molecular weight is 379 g/mol. The van der Waals surface area contributed by atoms with E-state index in [1.165, 1.54) is 24.5 Å². The van der Waals surface area contributed by atoms with Crippen molar-refractivity contribution in [2.75, 3.05) is 6.61 Å². The number of ether oxygens (including phenoxy) is 1. The molecule has 0 saturated carbocycles. The molecule has 0 aliphatic carbocycles. The van der Waals surface area contributed by atoms with Crippen LogP contribution in [0, 0.1) is 6.92 Å². The van der Waals surface area contributed by atoms with Crippen LogP contribution in [0.25, 0.3) is 0 Å². The molecule has 1 aliphatic rings. The summed E-state index contributed by atoms with van der Waals surface area (Å²) in [6.07, 6.45) is -3.22. The highest BCUT2D eigenvalue weighted by Gasteiger charge is 2.63. The standard InChI is InChI=1S/C18H16F3N3O3/c1-12-5-2-3-7-15(12)27-11-16(25)24-17(26,18(19,20)21)9-14(23-24)13-6-4-8-22-10-13/h2-8,10,26H,9,11H2,1H3/t17-/m1/s1. The molecular formula is C18H16F3N3O3. The Morgan fingerprint density at radius 3 is 2.67 bits per heavy atom. The Labute approximate surface area is 152 Å². The van der Waals surface area contributed by atoms with Gasteiger partial charge in [-0.1, -0.05) is 24.3 Å². The lowest BCUT2D eigenvalue weighted by atomic mass is 10.0. The molecule has 1 amide bonds. The molecule has 2 aromatic rings. The van der Waals surface area contributed by atoms with Gasteiger partial charge in [0.15, 0.2) is 6.61 Å². The van der Waals surface area contributed by atoms with Crippen molar-refractivity contribution >= 4 is 11.6 Å². The smallest absolute Gasteiger partial charge is 0.438 e. The van der Waals surface area contributed by atoms with Gasteiger partial charge in [-0.2, -0.15) is 23.3 Å². The van der Waals surface area contributed by atoms with Gasteiger partial charge in [0, 0.05) is 18.0 Å². The summed E-state index contributed by atoms with van der Waals surface area (Å²) in [5.41, 5.74) is -2.52. The number of hydrazone groups is 1. The van der Waals surface area contributed by atoms with Crippen molar-refractivity contribution in [2.24, 2.45) is 5.10 Å². The van der Waals surface area contributed by atoms with E-state index < -0.39 is 30.8 Å². The lowest BCUT2D eigenvalue weighted by molar-refractivity contribution is -0.302. The number of aryl methyl sites for hydroxylation is 1. The molecule has 1 aliphatic heterocycles. The summed E-state index contributed by atoms with van der Waals surface area (Å²) in [6.45, 7) is 1.04. The average Bonchev–Trinajstić information content (AvgIpc) is 3.01. The number of rotatable bonds is 4. The topological polar surface area (TPSA) is 75.0 Å². The Morgan fingerprint density at radius 2 is 2.04 bits per heavy atom. The molecule has 142 valence electrons. The van der Waals surface area contributed by atoms with Gasteiger partial charge in [-0.25, -0.2) is 0 Å². The van der Waals surface area contributed by atoms with Crippen LogP contribution in [0.15, 0.2) is 53.9 Å². The molecule has 0 fully saturated rings. The van der Waals surface area contributed by atoms with Gasteiger partial charge in [0.1, 0.15) is 5.75 Å². The van der Waals surface area contributed by atoms with Crippen molar-refractivity contribution in [3.05, 3.63) is 59.9 Å². The maximum atomic E-state index is 13.5. The number of aromatic nitrogens is 1. The van der Waals surface area contributed by atoms with E-state index in [0.717, 1.165) is 5.56 Å². The van der Waals surface area contributed by atoms with Gasteiger partial charge in [-0.3, -0.25) is 9.78 Å². The Kier molecular flexibility index (Phi) is 4.88. The first-order valence-corrected chi connectivity index (χ1v) is 8.01. The predicted octanol–water partition coefficient (Wildman–Crippen LogP) is 2.66. The quantitative estimate of drug-likeness (QED) is 0.886. The van der Waals surface area contributed by atoms with Crippen LogP contribution in [-0.4, -0.2) is 45.2 Å². The first-order chi connectivity index (χ1) is 12.7. The van der Waals surface area contributed by atoms with E-state index in [4.69, 9.17) is 4.74 Å². The van der Waals surface area contributed by atoms with Crippen molar-refractivity contribution in [1.82, 2.24) is 9.99 Å². The van der Waals surface area contributed by atoms with Gasteiger partial charge in [-0.05, 0) is 24.6 Å². The van der Waals surface area contributed by atoms with Crippen LogP contribution in [0.1, 0.15) is 17.5 Å². The Bertz CT molecular complexity index is 871. The molecule has 0 saturated heterocycles. The summed E-state index contributed by atoms with van der Waals surface area (Å²) in [4.78, 5) is 16.2. The molecule has 6 nitrogen and oxygen atoms in total. The molecule has 0 radical (unpaired) electrons. The van der Waals surface area contributed by atoms with Crippen LogP contribution in [0.4, 0.5) is 13.2 Å². The highest BCUT2D eigenvalue weighted by atomic mass is 19.4. The van der Waals surface area contributed by atoms with Crippen molar-refractivity contribution in [3.8, 4) is 5.75 Å². The number of aliphatic hydroxyl groups is 1. The maximum Gasteiger partial charge on any atom is 0.438 e. The van der Waals surface area contributed by atoms with Crippen LogP contribution in [0.2, 0.25) is 0 Å². The number of benzene rings is 1. The number of hydrogen-bond acceptors (Lipinski definition) is 5. The summed E-state index contributed by atoms with van der Waals surface area (Å²) in [5, 5.41) is 14.0. The molecule has 1 aromatic heterocycles. The second kappa shape index (κ2) is 6.99. The molecule has 1 N–H and O–H groups in total. The van der Waals surface area contributed by atoms with E-state index in [1.54, 1.807) is 31.2 Å². The summed E-state index contributed by atoms with van der Waals surface area (Å²) in [5.74, 6) is -0.756. The SMILES string of the molecule is Cc1ccccc1OCC(=O)N1N=C(c2cccnc2)C[C@@]1(O)C(F)(F)F. The molecule has 3 rings (SSSR count). The van der Waals surface area contributed by atoms with Crippen molar-refractivity contribution in [3.63, 3.8) is 0 Å². The van der Waals surface area contributed by atoms with E-state index in [9.17, 15) is 23.1 Å². The van der Waals surface area contributed by atoms with E-state index in [0.29, 0.717) is 5.75 Å². The molecule has 1 atom stereocenters. The van der Waals surface area contributed by atoms with Crippen LogP contribution in [-0.2, 0) is 4.79 Å². The Hall–Kier alpha value is -2.94. The zero-order chi connectivity index (χ0) is 19.7. The van der Waals surface area contributed by atoms with Gasteiger partial charge in [0.25, 0.3) is 11.6 Å². The van der Waals surface area contributed by atoms with E-state index >= 15 is 0 Å². The fraction of sp³-hybridized carbons (Fsp3) is 0.278. The van der Waals surface area contributed by atoms with Gasteiger partial charge in [0.05, 0.1) is 12.1 Å². The minimum absolute atomic E-state index is 0.0492. The number of hydrogen-bond donors (Lipinski definition) is 1. The monoisotopic (exact) mass is 379 g/mol. The first kappa shape index (κ1) is 18.8. The zero-order valence-corrected chi connectivity index (χ0v) is 14.3. The van der Waals surface area contributed by atoms with Gasteiger partial charge in [-0.15, -0.1) is 0 Å². The summed E-state index contributed by atoms with van der Waals surface area (Å²) in [7, 11) is 0. The number of amides is 1. The molecule has 0 unspecified atom stereocenters. The number of alkyl halides is 3. The highest BCUT2D eigenvalue weighted by Crippen LogP contribution is 2.41. The number of nitrogens with zero attached hydrogens (tertiary/aromatic N) is 3. The lowest BCUT2D eigenvalue weighted by Crippen LogP contribution is -2.57. The molecular weight excluding hydrogens is 363 g/mol. The normalized spacial score (nSPS) is 19.7. The largest absolute Gasteiger partial charge is 0.483 e. The van der Waals surface area contributed by atoms with E-state index in [1.807, 2.05) is 0 Å². The third kappa shape index (κ3) is 3.63. The fourth-order valence-corrected chi connectivity index (χ4v) is 2.64.